The molecule has 0 saturated carbocycles. The second kappa shape index (κ2) is 3.31. The summed E-state index contributed by atoms with van der Waals surface area (Å²) >= 11 is 1.85. The van der Waals surface area contributed by atoms with Crippen LogP contribution in [0.4, 0.5) is 0 Å². The van der Waals surface area contributed by atoms with Crippen molar-refractivity contribution in [1.82, 2.24) is 4.98 Å². The Morgan fingerprint density at radius 1 is 1.43 bits per heavy atom. The monoisotopic (exact) mass is 210 g/mol. The number of aromatic nitrogens is 1. The molecule has 0 amide bonds. The van der Waals surface area contributed by atoms with Gasteiger partial charge in [0.1, 0.15) is 0 Å². The highest BCUT2D eigenvalue weighted by molar-refractivity contribution is 7.11. The third-order valence-corrected chi connectivity index (χ3v) is 4.20. The van der Waals surface area contributed by atoms with Gasteiger partial charge < -0.3 is 5.73 Å². The second-order valence-electron chi connectivity index (χ2n) is 5.08. The van der Waals surface area contributed by atoms with Crippen LogP contribution in [0.2, 0.25) is 0 Å². The first-order chi connectivity index (χ1) is 6.48. The molecule has 2 rings (SSSR count). The molecule has 1 aliphatic rings. The molecule has 14 heavy (non-hydrogen) atoms. The Balaban J connectivity index is 2.40. The minimum Gasteiger partial charge on any atom is -0.323 e. The molecule has 1 atom stereocenters. The summed E-state index contributed by atoms with van der Waals surface area (Å²) in [5, 5.41) is 1.24. The number of nitrogens with zero attached hydrogens (tertiary/aromatic N) is 1. The van der Waals surface area contributed by atoms with Crippen LogP contribution >= 0.6 is 11.3 Å². The minimum absolute atomic E-state index is 0.168. The molecule has 0 fully saturated rings. The molecule has 0 bridgehead atoms. The van der Waals surface area contributed by atoms with Crippen LogP contribution in [0, 0.1) is 0 Å². The number of fused-ring (bicyclic) bond motifs is 1. The molecular formula is C11H18N2S. The van der Waals surface area contributed by atoms with Crippen molar-refractivity contribution in [1.29, 1.82) is 0 Å². The van der Waals surface area contributed by atoms with Crippen molar-refractivity contribution >= 4 is 11.3 Å². The van der Waals surface area contributed by atoms with Crippen LogP contribution in [-0.2, 0) is 11.8 Å². The highest BCUT2D eigenvalue weighted by atomic mass is 32.1. The summed E-state index contributed by atoms with van der Waals surface area (Å²) in [5.74, 6) is 0. The third kappa shape index (κ3) is 1.71. The molecule has 2 N–H and O–H groups in total. The zero-order chi connectivity index (χ0) is 10.3. The van der Waals surface area contributed by atoms with Crippen LogP contribution in [0.25, 0.3) is 0 Å². The van der Waals surface area contributed by atoms with Crippen LogP contribution in [0.5, 0.6) is 0 Å². The molecule has 1 aromatic rings. The summed E-state index contributed by atoms with van der Waals surface area (Å²) in [5.41, 5.74) is 7.39. The van der Waals surface area contributed by atoms with Gasteiger partial charge in [0.25, 0.3) is 0 Å². The Hall–Kier alpha value is -0.410. The van der Waals surface area contributed by atoms with Gasteiger partial charge in [-0.3, -0.25) is 0 Å². The zero-order valence-electron chi connectivity index (χ0n) is 9.13. The van der Waals surface area contributed by atoms with E-state index in [9.17, 15) is 0 Å². The highest BCUT2D eigenvalue weighted by Crippen LogP contribution is 2.36. The summed E-state index contributed by atoms with van der Waals surface area (Å²) in [7, 11) is 0. The maximum Gasteiger partial charge on any atom is 0.0985 e. The first-order valence-corrected chi connectivity index (χ1v) is 6.06. The lowest BCUT2D eigenvalue weighted by Crippen LogP contribution is -2.17. The van der Waals surface area contributed by atoms with Crippen molar-refractivity contribution in [3.05, 3.63) is 15.6 Å². The molecule has 1 aliphatic carbocycles. The summed E-state index contributed by atoms with van der Waals surface area (Å²) in [6.07, 6.45) is 3.50. The minimum atomic E-state index is 0.168. The third-order valence-electron chi connectivity index (χ3n) is 2.64. The van der Waals surface area contributed by atoms with E-state index < -0.39 is 0 Å². The quantitative estimate of drug-likeness (QED) is 0.715. The maximum absolute atomic E-state index is 6.05. The van der Waals surface area contributed by atoms with Crippen LogP contribution in [-0.4, -0.2) is 4.98 Å². The number of nitrogens with two attached hydrogens (primary N) is 1. The van der Waals surface area contributed by atoms with Crippen LogP contribution in [0.1, 0.15) is 55.2 Å². The average molecular weight is 210 g/mol. The van der Waals surface area contributed by atoms with Crippen molar-refractivity contribution < 1.29 is 0 Å². The van der Waals surface area contributed by atoms with Gasteiger partial charge in [-0.1, -0.05) is 20.8 Å². The number of thiazole rings is 1. The van der Waals surface area contributed by atoms with Crippen molar-refractivity contribution in [2.24, 2.45) is 5.73 Å². The number of hydrogen-bond donors (Lipinski definition) is 1. The van der Waals surface area contributed by atoms with Crippen molar-refractivity contribution in [3.63, 3.8) is 0 Å². The van der Waals surface area contributed by atoms with Gasteiger partial charge in [-0.2, -0.15) is 0 Å². The normalized spacial score (nSPS) is 22.1. The van der Waals surface area contributed by atoms with E-state index in [-0.39, 0.29) is 11.5 Å². The van der Waals surface area contributed by atoms with E-state index in [0.29, 0.717) is 0 Å². The van der Waals surface area contributed by atoms with Crippen molar-refractivity contribution in [2.75, 3.05) is 0 Å². The van der Waals surface area contributed by atoms with Crippen molar-refractivity contribution in [2.45, 2.75) is 51.5 Å². The van der Waals surface area contributed by atoms with Crippen molar-refractivity contribution in [3.8, 4) is 0 Å². The Labute approximate surface area is 89.5 Å². The van der Waals surface area contributed by atoms with E-state index in [1.54, 1.807) is 0 Å². The predicted molar refractivity (Wildman–Crippen MR) is 60.7 cm³/mol. The molecule has 3 heteroatoms. The predicted octanol–water partition coefficient (Wildman–Crippen LogP) is 2.78. The molecular weight excluding hydrogens is 192 g/mol. The molecule has 0 saturated heterocycles. The molecule has 0 spiro atoms. The summed E-state index contributed by atoms with van der Waals surface area (Å²) in [6.45, 7) is 6.63. The largest absolute Gasteiger partial charge is 0.323 e. The van der Waals surface area contributed by atoms with Gasteiger partial charge in [-0.25, -0.2) is 4.98 Å². The maximum atomic E-state index is 6.05. The Morgan fingerprint density at radius 2 is 2.14 bits per heavy atom. The van der Waals surface area contributed by atoms with Crippen LogP contribution in [0.3, 0.4) is 0 Å². The van der Waals surface area contributed by atoms with E-state index in [1.807, 2.05) is 11.3 Å². The van der Waals surface area contributed by atoms with Gasteiger partial charge in [0, 0.05) is 16.3 Å². The fraction of sp³-hybridized carbons (Fsp3) is 0.727. The Morgan fingerprint density at radius 3 is 2.71 bits per heavy atom. The van der Waals surface area contributed by atoms with Gasteiger partial charge in [0.15, 0.2) is 0 Å². The lowest BCUT2D eigenvalue weighted by atomic mass is 9.96. The zero-order valence-corrected chi connectivity index (χ0v) is 9.95. The number of aryl methyl sites for hydroxylation is 1. The van der Waals surface area contributed by atoms with E-state index in [0.717, 1.165) is 6.42 Å². The lowest BCUT2D eigenvalue weighted by Gasteiger charge is -2.16. The van der Waals surface area contributed by atoms with Gasteiger partial charge in [-0.05, 0) is 19.3 Å². The summed E-state index contributed by atoms with van der Waals surface area (Å²) < 4.78 is 0. The highest BCUT2D eigenvalue weighted by Gasteiger charge is 2.26. The van der Waals surface area contributed by atoms with E-state index in [1.165, 1.54) is 28.4 Å². The molecule has 1 heterocycles. The summed E-state index contributed by atoms with van der Waals surface area (Å²) in [6, 6.07) is 0.186. The standard InChI is InChI=1S/C11H18N2S/c1-11(2,3)10-13-9-7(12)5-4-6-8(9)14-10/h7H,4-6,12H2,1-3H3. The first-order valence-electron chi connectivity index (χ1n) is 5.24. The van der Waals surface area contributed by atoms with Gasteiger partial charge in [0.2, 0.25) is 0 Å². The van der Waals surface area contributed by atoms with E-state index in [2.05, 4.69) is 20.8 Å². The molecule has 78 valence electrons. The second-order valence-corrected chi connectivity index (χ2v) is 6.16. The average Bonchev–Trinajstić information content (AvgIpc) is 2.48. The molecule has 2 nitrogen and oxygen atoms in total. The van der Waals surface area contributed by atoms with Gasteiger partial charge in [0.05, 0.1) is 10.7 Å². The van der Waals surface area contributed by atoms with Gasteiger partial charge >= 0.3 is 0 Å². The van der Waals surface area contributed by atoms with Crippen LogP contribution in [0.15, 0.2) is 0 Å². The topological polar surface area (TPSA) is 38.9 Å². The van der Waals surface area contributed by atoms with Gasteiger partial charge in [-0.15, -0.1) is 11.3 Å². The smallest absolute Gasteiger partial charge is 0.0985 e. The molecule has 1 unspecified atom stereocenters. The summed E-state index contributed by atoms with van der Waals surface area (Å²) in [4.78, 5) is 6.12. The van der Waals surface area contributed by atoms with E-state index in [4.69, 9.17) is 10.7 Å². The lowest BCUT2D eigenvalue weighted by molar-refractivity contribution is 0.547. The van der Waals surface area contributed by atoms with E-state index >= 15 is 0 Å². The fourth-order valence-electron chi connectivity index (χ4n) is 1.77. The Bertz CT molecular complexity index is 336. The molecule has 0 radical (unpaired) electrons. The number of rotatable bonds is 0. The molecule has 1 aromatic heterocycles. The number of hydrogen-bond acceptors (Lipinski definition) is 3. The SMILES string of the molecule is CC(C)(C)c1nc2c(s1)CCCC2N. The molecule has 0 aromatic carbocycles. The Kier molecular flexibility index (Phi) is 2.40. The molecule has 0 aliphatic heterocycles. The van der Waals surface area contributed by atoms with Crippen LogP contribution < -0.4 is 5.73 Å². The fourth-order valence-corrected chi connectivity index (χ4v) is 3.00. The first kappa shape index (κ1) is 10.1.